The number of ether oxygens (including phenoxy) is 2. The van der Waals surface area contributed by atoms with Crippen LogP contribution < -0.4 is 20.1 Å². The van der Waals surface area contributed by atoms with E-state index in [2.05, 4.69) is 17.6 Å². The molecule has 1 fully saturated rings. The molecule has 6 heteroatoms. The van der Waals surface area contributed by atoms with Crippen LogP contribution in [0.3, 0.4) is 0 Å². The van der Waals surface area contributed by atoms with Crippen molar-refractivity contribution in [3.63, 3.8) is 0 Å². The molecule has 2 aromatic carbocycles. The number of fused-ring (bicyclic) bond motifs is 1. The van der Waals surface area contributed by atoms with Crippen molar-refractivity contribution < 1.29 is 19.1 Å². The van der Waals surface area contributed by atoms with Crippen LogP contribution in [0.2, 0.25) is 0 Å². The van der Waals surface area contributed by atoms with Gasteiger partial charge in [0.15, 0.2) is 11.5 Å². The van der Waals surface area contributed by atoms with Crippen molar-refractivity contribution in [2.24, 2.45) is 11.8 Å². The van der Waals surface area contributed by atoms with Crippen LogP contribution in [-0.4, -0.2) is 18.6 Å². The number of hydrogen-bond acceptors (Lipinski definition) is 4. The number of nitrogens with one attached hydrogen (secondary N) is 2. The topological polar surface area (TPSA) is 76.7 Å². The monoisotopic (exact) mass is 380 g/mol. The molecule has 0 bridgehead atoms. The summed E-state index contributed by atoms with van der Waals surface area (Å²) in [7, 11) is 0. The van der Waals surface area contributed by atoms with Gasteiger partial charge >= 0.3 is 0 Å². The number of carbonyl (C=O) groups excluding carboxylic acids is 2. The fraction of sp³-hybridized carbons (Fsp3) is 0.364. The molecule has 0 aromatic heterocycles. The van der Waals surface area contributed by atoms with Gasteiger partial charge in [-0.3, -0.25) is 9.59 Å². The summed E-state index contributed by atoms with van der Waals surface area (Å²) in [5.41, 5.74) is 3.96. The van der Waals surface area contributed by atoms with E-state index in [0.717, 1.165) is 34.5 Å². The van der Waals surface area contributed by atoms with Crippen LogP contribution in [0.1, 0.15) is 30.0 Å². The van der Waals surface area contributed by atoms with Crippen LogP contribution in [0.5, 0.6) is 11.5 Å². The maximum absolute atomic E-state index is 12.6. The number of carbonyl (C=O) groups is 2. The van der Waals surface area contributed by atoms with Gasteiger partial charge in [0.05, 0.1) is 11.8 Å². The van der Waals surface area contributed by atoms with E-state index in [1.54, 1.807) is 0 Å². The number of hydrogen-bond donors (Lipinski definition) is 2. The molecule has 6 nitrogen and oxygen atoms in total. The second-order valence-electron chi connectivity index (χ2n) is 7.31. The number of amides is 2. The molecule has 0 saturated heterocycles. The quantitative estimate of drug-likeness (QED) is 0.807. The lowest BCUT2D eigenvalue weighted by Gasteiger charge is -2.13. The van der Waals surface area contributed by atoms with Crippen LogP contribution in [0.4, 0.5) is 5.69 Å². The van der Waals surface area contributed by atoms with Crippen molar-refractivity contribution in [3.05, 3.63) is 53.1 Å². The fourth-order valence-corrected chi connectivity index (χ4v) is 3.56. The van der Waals surface area contributed by atoms with E-state index >= 15 is 0 Å². The highest BCUT2D eigenvalue weighted by Crippen LogP contribution is 2.40. The molecule has 1 heterocycles. The average Bonchev–Trinajstić information content (AvgIpc) is 3.37. The first-order valence-corrected chi connectivity index (χ1v) is 9.62. The van der Waals surface area contributed by atoms with Crippen molar-refractivity contribution >= 4 is 17.5 Å². The van der Waals surface area contributed by atoms with E-state index in [0.29, 0.717) is 18.7 Å². The Bertz CT molecular complexity index is 925. The summed E-state index contributed by atoms with van der Waals surface area (Å²) < 4.78 is 10.6. The summed E-state index contributed by atoms with van der Waals surface area (Å²) in [6, 6.07) is 11.6. The SMILES string of the molecule is CCc1cccc(C)c1NC(=O)C1CC1C(=O)NCc1ccc2c(c1)OCO2. The Morgan fingerprint density at radius 1 is 1.07 bits per heavy atom. The molecule has 4 rings (SSSR count). The van der Waals surface area contributed by atoms with Crippen LogP contribution in [0.15, 0.2) is 36.4 Å². The Labute approximate surface area is 164 Å². The zero-order chi connectivity index (χ0) is 19.7. The Balaban J connectivity index is 1.31. The second-order valence-corrected chi connectivity index (χ2v) is 7.31. The molecule has 2 unspecified atom stereocenters. The van der Waals surface area contributed by atoms with E-state index in [-0.39, 0.29) is 30.4 Å². The highest BCUT2D eigenvalue weighted by Gasteiger charge is 2.48. The maximum atomic E-state index is 12.6. The summed E-state index contributed by atoms with van der Waals surface area (Å²) >= 11 is 0. The number of rotatable bonds is 6. The minimum atomic E-state index is -0.263. The van der Waals surface area contributed by atoms with Crippen molar-refractivity contribution in [1.29, 1.82) is 0 Å². The molecule has 2 aromatic rings. The van der Waals surface area contributed by atoms with Crippen molar-refractivity contribution in [2.45, 2.75) is 33.2 Å². The fourth-order valence-electron chi connectivity index (χ4n) is 3.56. The first-order valence-electron chi connectivity index (χ1n) is 9.62. The lowest BCUT2D eigenvalue weighted by molar-refractivity contribution is -0.125. The van der Waals surface area contributed by atoms with Crippen molar-refractivity contribution in [1.82, 2.24) is 5.32 Å². The Kier molecular flexibility index (Phi) is 4.94. The third kappa shape index (κ3) is 3.67. The molecule has 0 radical (unpaired) electrons. The van der Waals surface area contributed by atoms with Gasteiger partial charge in [-0.25, -0.2) is 0 Å². The Morgan fingerprint density at radius 2 is 1.86 bits per heavy atom. The van der Waals surface area contributed by atoms with E-state index in [4.69, 9.17) is 9.47 Å². The largest absolute Gasteiger partial charge is 0.454 e. The molecule has 2 aliphatic rings. The van der Waals surface area contributed by atoms with Crippen LogP contribution in [0, 0.1) is 18.8 Å². The normalized spacial score (nSPS) is 19.2. The standard InChI is InChI=1S/C22H24N2O4/c1-3-15-6-4-5-13(2)20(15)24-22(26)17-10-16(17)21(25)23-11-14-7-8-18-19(9-14)28-12-27-18/h4-9,16-17H,3,10-12H2,1-2H3,(H,23,25)(H,24,26). The lowest BCUT2D eigenvalue weighted by atomic mass is 10.1. The highest BCUT2D eigenvalue weighted by atomic mass is 16.7. The van der Waals surface area contributed by atoms with E-state index < -0.39 is 0 Å². The average molecular weight is 380 g/mol. The number of para-hydroxylation sites is 1. The molecule has 1 aliphatic carbocycles. The first-order chi connectivity index (χ1) is 13.6. The maximum Gasteiger partial charge on any atom is 0.231 e. The molecular weight excluding hydrogens is 356 g/mol. The minimum absolute atomic E-state index is 0.0766. The third-order valence-corrected chi connectivity index (χ3v) is 5.36. The van der Waals surface area contributed by atoms with Gasteiger partial charge in [0.2, 0.25) is 18.6 Å². The molecule has 1 aliphatic heterocycles. The summed E-state index contributed by atoms with van der Waals surface area (Å²) in [6.07, 6.45) is 1.44. The van der Waals surface area contributed by atoms with Gasteiger partial charge < -0.3 is 20.1 Å². The zero-order valence-corrected chi connectivity index (χ0v) is 16.1. The lowest BCUT2D eigenvalue weighted by Crippen LogP contribution is -2.27. The molecule has 146 valence electrons. The third-order valence-electron chi connectivity index (χ3n) is 5.36. The van der Waals surface area contributed by atoms with E-state index in [1.165, 1.54) is 0 Å². The van der Waals surface area contributed by atoms with Gasteiger partial charge in [-0.1, -0.05) is 31.2 Å². The van der Waals surface area contributed by atoms with Crippen LogP contribution >= 0.6 is 0 Å². The molecule has 2 atom stereocenters. The van der Waals surface area contributed by atoms with Crippen molar-refractivity contribution in [3.8, 4) is 11.5 Å². The number of anilines is 1. The van der Waals surface area contributed by atoms with Crippen LogP contribution in [-0.2, 0) is 22.6 Å². The van der Waals surface area contributed by atoms with Gasteiger partial charge in [-0.15, -0.1) is 0 Å². The summed E-state index contributed by atoms with van der Waals surface area (Å²) in [5, 5.41) is 5.95. The molecule has 2 amide bonds. The summed E-state index contributed by atoms with van der Waals surface area (Å²) in [5.74, 6) is 0.728. The first kappa shape index (κ1) is 18.3. The van der Waals surface area contributed by atoms with E-state index in [1.807, 2.05) is 43.3 Å². The Hall–Kier alpha value is -3.02. The minimum Gasteiger partial charge on any atom is -0.454 e. The predicted molar refractivity (Wildman–Crippen MR) is 105 cm³/mol. The highest BCUT2D eigenvalue weighted by molar-refractivity contribution is 6.00. The molecule has 1 saturated carbocycles. The van der Waals surface area contributed by atoms with Gasteiger partial charge in [-0.2, -0.15) is 0 Å². The number of aryl methyl sites for hydroxylation is 2. The van der Waals surface area contributed by atoms with Gasteiger partial charge in [0.25, 0.3) is 0 Å². The second kappa shape index (κ2) is 7.54. The smallest absolute Gasteiger partial charge is 0.231 e. The summed E-state index contributed by atoms with van der Waals surface area (Å²) in [4.78, 5) is 25.0. The Morgan fingerprint density at radius 3 is 2.68 bits per heavy atom. The predicted octanol–water partition coefficient (Wildman–Crippen LogP) is 3.18. The van der Waals surface area contributed by atoms with Crippen molar-refractivity contribution in [2.75, 3.05) is 12.1 Å². The van der Waals surface area contributed by atoms with E-state index in [9.17, 15) is 9.59 Å². The van der Waals surface area contributed by atoms with Crippen LogP contribution in [0.25, 0.3) is 0 Å². The molecular formula is C22H24N2O4. The van der Waals surface area contributed by atoms with Gasteiger partial charge in [0.1, 0.15) is 0 Å². The molecule has 28 heavy (non-hydrogen) atoms. The van der Waals surface area contributed by atoms with Gasteiger partial charge in [0, 0.05) is 12.2 Å². The summed E-state index contributed by atoms with van der Waals surface area (Å²) in [6.45, 7) is 4.67. The molecule has 2 N–H and O–H groups in total. The number of benzene rings is 2. The molecule has 0 spiro atoms. The van der Waals surface area contributed by atoms with Gasteiger partial charge in [-0.05, 0) is 48.6 Å². The zero-order valence-electron chi connectivity index (χ0n) is 16.1.